The van der Waals surface area contributed by atoms with Gasteiger partial charge in [-0.2, -0.15) is 4.31 Å². The fraction of sp³-hybridized carbons (Fsp3) is 0.226. The van der Waals surface area contributed by atoms with E-state index in [4.69, 9.17) is 9.47 Å². The summed E-state index contributed by atoms with van der Waals surface area (Å²) in [5.74, 6) is 1.07. The number of benzene rings is 3. The number of hydrogen-bond donors (Lipinski definition) is 0. The van der Waals surface area contributed by atoms with Crippen molar-refractivity contribution in [2.24, 2.45) is 0 Å². The average Bonchev–Trinajstić information content (AvgIpc) is 3.02. The van der Waals surface area contributed by atoms with Crippen LogP contribution in [0, 0.1) is 5.82 Å². The van der Waals surface area contributed by atoms with Crippen LogP contribution in [0.5, 0.6) is 17.2 Å². The van der Waals surface area contributed by atoms with Gasteiger partial charge < -0.3 is 19.3 Å². The summed E-state index contributed by atoms with van der Waals surface area (Å²) in [6, 6.07) is 23.2. The third-order valence-corrected chi connectivity index (χ3v) is 9.25. The van der Waals surface area contributed by atoms with Gasteiger partial charge in [0.15, 0.2) is 0 Å². The van der Waals surface area contributed by atoms with Crippen LogP contribution in [0.4, 0.5) is 10.1 Å². The van der Waals surface area contributed by atoms with E-state index in [1.165, 1.54) is 16.4 Å². The normalized spacial score (nSPS) is 15.6. The first-order valence-electron chi connectivity index (χ1n) is 13.6. The summed E-state index contributed by atoms with van der Waals surface area (Å²) in [5.41, 5.74) is 2.56. The first kappa shape index (κ1) is 27.7. The number of fused-ring (bicyclic) bond motifs is 1. The summed E-state index contributed by atoms with van der Waals surface area (Å²) in [6.45, 7) is 2.11. The lowest BCUT2D eigenvalue weighted by molar-refractivity contribution is 0.0692. The quantitative estimate of drug-likeness (QED) is 0.324. The molecule has 2 aliphatic rings. The fourth-order valence-corrected chi connectivity index (χ4v) is 6.43. The van der Waals surface area contributed by atoms with E-state index in [1.807, 2.05) is 30.1 Å². The Balaban J connectivity index is 1.10. The minimum atomic E-state index is -3.74. The Morgan fingerprint density at radius 3 is 2.29 bits per heavy atom. The number of aromatic nitrogens is 1. The zero-order valence-electron chi connectivity index (χ0n) is 22.9. The molecular weight excluding hydrogens is 559 g/mol. The molecule has 3 heterocycles. The van der Waals surface area contributed by atoms with Crippen molar-refractivity contribution in [1.82, 2.24) is 14.2 Å². The highest BCUT2D eigenvalue weighted by atomic mass is 32.2. The molecule has 0 radical (unpaired) electrons. The van der Waals surface area contributed by atoms with Crippen LogP contribution in [-0.4, -0.2) is 74.9 Å². The third kappa shape index (κ3) is 5.65. The number of ether oxygens (including phenoxy) is 2. The van der Waals surface area contributed by atoms with E-state index in [2.05, 4.69) is 4.98 Å². The first-order valence-corrected chi connectivity index (χ1v) is 15.0. The van der Waals surface area contributed by atoms with Gasteiger partial charge in [-0.25, -0.2) is 17.8 Å². The lowest BCUT2D eigenvalue weighted by Crippen LogP contribution is -2.50. The van der Waals surface area contributed by atoms with Crippen LogP contribution < -0.4 is 14.4 Å². The van der Waals surface area contributed by atoms with Crippen LogP contribution in [0.1, 0.15) is 10.5 Å². The number of nitrogens with zero attached hydrogens (tertiary/aromatic N) is 4. The van der Waals surface area contributed by atoms with Gasteiger partial charge in [-0.15, -0.1) is 0 Å². The summed E-state index contributed by atoms with van der Waals surface area (Å²) in [6.07, 6.45) is 0. The van der Waals surface area contributed by atoms with Crippen LogP contribution in [-0.2, 0) is 10.0 Å². The lowest BCUT2D eigenvalue weighted by Gasteiger charge is -2.34. The summed E-state index contributed by atoms with van der Waals surface area (Å²) in [4.78, 5) is 21.7. The molecule has 1 amide bonds. The topological polar surface area (TPSA) is 92.3 Å². The summed E-state index contributed by atoms with van der Waals surface area (Å²) >= 11 is 0. The van der Waals surface area contributed by atoms with Crippen molar-refractivity contribution in [3.8, 4) is 28.5 Å². The van der Waals surface area contributed by atoms with Crippen LogP contribution >= 0.6 is 0 Å². The van der Waals surface area contributed by atoms with Gasteiger partial charge in [-0.3, -0.25) is 4.79 Å². The van der Waals surface area contributed by atoms with Crippen molar-refractivity contribution in [3.05, 3.63) is 96.4 Å². The predicted octanol–water partition coefficient (Wildman–Crippen LogP) is 4.66. The van der Waals surface area contributed by atoms with Crippen molar-refractivity contribution in [3.63, 3.8) is 0 Å². The maximum atomic E-state index is 13.4. The van der Waals surface area contributed by atoms with E-state index in [1.54, 1.807) is 59.5 Å². The molecule has 6 rings (SSSR count). The van der Waals surface area contributed by atoms with Crippen LogP contribution in [0.2, 0.25) is 0 Å². The molecule has 0 bridgehead atoms. The van der Waals surface area contributed by atoms with Crippen molar-refractivity contribution in [2.75, 3.05) is 51.3 Å². The van der Waals surface area contributed by atoms with Gasteiger partial charge in [0.1, 0.15) is 35.4 Å². The molecule has 1 fully saturated rings. The van der Waals surface area contributed by atoms with Crippen molar-refractivity contribution in [2.45, 2.75) is 4.90 Å². The highest BCUT2D eigenvalue weighted by Gasteiger charge is 2.32. The SMILES string of the molecule is CN1CCOc2cc(S(=O)(=O)N3CCN(C(=O)c4cccc(-c5ccc(Oc6ccc(F)cc6)cc5)n4)CC3)ccc21. The summed E-state index contributed by atoms with van der Waals surface area (Å²) in [5, 5.41) is 0. The number of rotatable bonds is 6. The highest BCUT2D eigenvalue weighted by molar-refractivity contribution is 7.89. The zero-order chi connectivity index (χ0) is 29.3. The number of pyridine rings is 1. The van der Waals surface area contributed by atoms with Gasteiger partial charge in [0, 0.05) is 44.9 Å². The van der Waals surface area contributed by atoms with E-state index in [0.29, 0.717) is 29.5 Å². The lowest BCUT2D eigenvalue weighted by atomic mass is 10.1. The molecule has 0 saturated carbocycles. The van der Waals surface area contributed by atoms with Gasteiger partial charge in [0.25, 0.3) is 5.91 Å². The molecule has 4 aromatic rings. The number of carbonyl (C=O) groups is 1. The number of anilines is 1. The molecule has 0 N–H and O–H groups in total. The maximum Gasteiger partial charge on any atom is 0.272 e. The van der Waals surface area contributed by atoms with Gasteiger partial charge in [-0.05, 0) is 72.8 Å². The molecule has 9 nitrogen and oxygen atoms in total. The molecular formula is C31H29FN4O5S. The highest BCUT2D eigenvalue weighted by Crippen LogP contribution is 2.34. The number of sulfonamides is 1. The van der Waals surface area contributed by atoms with E-state index >= 15 is 0 Å². The second kappa shape index (κ2) is 11.4. The van der Waals surface area contributed by atoms with Gasteiger partial charge >= 0.3 is 0 Å². The third-order valence-electron chi connectivity index (χ3n) is 7.36. The first-order chi connectivity index (χ1) is 20.3. The number of piperazine rings is 1. The van der Waals surface area contributed by atoms with Crippen molar-refractivity contribution < 1.29 is 27.1 Å². The zero-order valence-corrected chi connectivity index (χ0v) is 23.8. The molecule has 3 aromatic carbocycles. The molecule has 1 saturated heterocycles. The summed E-state index contributed by atoms with van der Waals surface area (Å²) in [7, 11) is -1.80. The van der Waals surface area contributed by atoms with E-state index in [-0.39, 0.29) is 48.5 Å². The van der Waals surface area contributed by atoms with E-state index in [0.717, 1.165) is 17.8 Å². The van der Waals surface area contributed by atoms with E-state index in [9.17, 15) is 17.6 Å². The minimum absolute atomic E-state index is 0.180. The summed E-state index contributed by atoms with van der Waals surface area (Å²) < 4.78 is 52.7. The van der Waals surface area contributed by atoms with Crippen molar-refractivity contribution >= 4 is 21.6 Å². The molecule has 0 aliphatic carbocycles. The monoisotopic (exact) mass is 588 g/mol. The largest absolute Gasteiger partial charge is 0.490 e. The molecule has 2 aliphatic heterocycles. The smallest absolute Gasteiger partial charge is 0.272 e. The Kier molecular flexibility index (Phi) is 7.53. The average molecular weight is 589 g/mol. The standard InChI is InChI=1S/C31H29FN4O5S/c1-34-19-20-40-30-21-26(13-14-29(30)34)42(38,39)36-17-15-35(16-18-36)31(37)28-4-2-3-27(33-28)22-5-9-24(10-6-22)41-25-11-7-23(32)8-12-25/h2-14,21H,15-20H2,1H3. The molecule has 0 unspecified atom stereocenters. The number of amides is 1. The van der Waals surface area contributed by atoms with E-state index < -0.39 is 10.0 Å². The second-order valence-electron chi connectivity index (χ2n) is 10.1. The second-order valence-corrected chi connectivity index (χ2v) is 12.0. The van der Waals surface area contributed by atoms with Crippen LogP contribution in [0.3, 0.4) is 0 Å². The van der Waals surface area contributed by atoms with Gasteiger partial charge in [0.2, 0.25) is 10.0 Å². The number of carbonyl (C=O) groups excluding carboxylic acids is 1. The molecule has 42 heavy (non-hydrogen) atoms. The Hall–Kier alpha value is -4.48. The molecule has 1 aromatic heterocycles. The Morgan fingerprint density at radius 1 is 0.881 bits per heavy atom. The van der Waals surface area contributed by atoms with Gasteiger partial charge in [0.05, 0.1) is 22.8 Å². The number of hydrogen-bond acceptors (Lipinski definition) is 7. The Morgan fingerprint density at radius 2 is 1.57 bits per heavy atom. The Bertz CT molecular complexity index is 1710. The minimum Gasteiger partial charge on any atom is -0.490 e. The Labute approximate surface area is 243 Å². The van der Waals surface area contributed by atoms with Crippen molar-refractivity contribution in [1.29, 1.82) is 0 Å². The molecule has 0 spiro atoms. The molecule has 11 heteroatoms. The number of halogens is 1. The van der Waals surface area contributed by atoms with Crippen LogP contribution in [0.15, 0.2) is 89.8 Å². The molecule has 0 atom stereocenters. The van der Waals surface area contributed by atoms with Crippen LogP contribution in [0.25, 0.3) is 11.3 Å². The number of likely N-dealkylation sites (N-methyl/N-ethyl adjacent to an activating group) is 1. The maximum absolute atomic E-state index is 13.4. The predicted molar refractivity (Wildman–Crippen MR) is 156 cm³/mol. The fourth-order valence-electron chi connectivity index (χ4n) is 4.99. The molecule has 216 valence electrons. The van der Waals surface area contributed by atoms with Gasteiger partial charge in [-0.1, -0.05) is 6.07 Å².